The van der Waals surface area contributed by atoms with Gasteiger partial charge in [0.2, 0.25) is 0 Å². The van der Waals surface area contributed by atoms with Gasteiger partial charge in [-0.25, -0.2) is 9.97 Å². The minimum atomic E-state index is -0.946. The zero-order valence-electron chi connectivity index (χ0n) is 16.8. The van der Waals surface area contributed by atoms with Gasteiger partial charge in [-0.2, -0.15) is 0 Å². The first-order valence-electron chi connectivity index (χ1n) is 9.87. The van der Waals surface area contributed by atoms with Crippen molar-refractivity contribution >= 4 is 16.7 Å². The molecule has 30 heavy (non-hydrogen) atoms. The number of benzene rings is 2. The summed E-state index contributed by atoms with van der Waals surface area (Å²) in [6.45, 7) is 1.72. The second-order valence-corrected chi connectivity index (χ2v) is 7.51. The first kappa shape index (κ1) is 19.9. The molecule has 0 unspecified atom stereocenters. The Bertz CT molecular complexity index is 1130. The van der Waals surface area contributed by atoms with Crippen LogP contribution >= 0.6 is 0 Å². The number of anilines is 1. The number of nitrogens with one attached hydrogen (secondary N) is 1. The standard InChI is InChI=1S/C24H24N4O2/c1-24(15-29,16-30)23-27-20-12-7-11-19(17-8-3-2-4-9-17)21(20)22(28-23)26-14-18-10-5-6-13-25-18/h2-13,29-30H,14-16H2,1H3,(H,26,27,28). The van der Waals surface area contributed by atoms with Crippen molar-refractivity contribution in [3.63, 3.8) is 0 Å². The van der Waals surface area contributed by atoms with E-state index in [1.54, 1.807) is 13.1 Å². The van der Waals surface area contributed by atoms with Crippen molar-refractivity contribution in [2.75, 3.05) is 18.5 Å². The number of pyridine rings is 1. The summed E-state index contributed by atoms with van der Waals surface area (Å²) in [4.78, 5) is 13.8. The van der Waals surface area contributed by atoms with E-state index >= 15 is 0 Å². The summed E-state index contributed by atoms with van der Waals surface area (Å²) in [5.74, 6) is 1.04. The van der Waals surface area contributed by atoms with Crippen LogP contribution in [-0.2, 0) is 12.0 Å². The predicted octanol–water partition coefficient (Wildman–Crippen LogP) is 3.55. The lowest BCUT2D eigenvalue weighted by atomic mass is 9.91. The van der Waals surface area contributed by atoms with Crippen molar-refractivity contribution in [3.05, 3.63) is 84.4 Å². The third kappa shape index (κ3) is 3.87. The van der Waals surface area contributed by atoms with Gasteiger partial charge in [0.15, 0.2) is 0 Å². The van der Waals surface area contributed by atoms with Gasteiger partial charge in [-0.05, 0) is 36.2 Å². The highest BCUT2D eigenvalue weighted by molar-refractivity contribution is 6.01. The van der Waals surface area contributed by atoms with Gasteiger partial charge in [-0.3, -0.25) is 4.98 Å². The monoisotopic (exact) mass is 400 g/mol. The molecule has 0 aliphatic rings. The number of hydrogen-bond donors (Lipinski definition) is 3. The Kier molecular flexibility index (Phi) is 5.70. The van der Waals surface area contributed by atoms with Crippen LogP contribution in [0.2, 0.25) is 0 Å². The van der Waals surface area contributed by atoms with Crippen molar-refractivity contribution in [1.82, 2.24) is 15.0 Å². The molecule has 0 fully saturated rings. The van der Waals surface area contributed by atoms with Crippen LogP contribution in [0.4, 0.5) is 5.82 Å². The summed E-state index contributed by atoms with van der Waals surface area (Å²) < 4.78 is 0. The minimum Gasteiger partial charge on any atom is -0.395 e. The normalized spacial score (nSPS) is 11.6. The van der Waals surface area contributed by atoms with Gasteiger partial charge >= 0.3 is 0 Å². The lowest BCUT2D eigenvalue weighted by Gasteiger charge is -2.24. The van der Waals surface area contributed by atoms with Crippen LogP contribution in [0.15, 0.2) is 72.9 Å². The van der Waals surface area contributed by atoms with Crippen molar-refractivity contribution in [1.29, 1.82) is 0 Å². The Labute approximate surface area is 175 Å². The third-order valence-electron chi connectivity index (χ3n) is 5.21. The Hall–Kier alpha value is -3.35. The van der Waals surface area contributed by atoms with Crippen LogP contribution in [0.25, 0.3) is 22.0 Å². The molecule has 152 valence electrons. The highest BCUT2D eigenvalue weighted by Gasteiger charge is 2.30. The topological polar surface area (TPSA) is 91.2 Å². The molecule has 6 nitrogen and oxygen atoms in total. The molecule has 2 heterocycles. The summed E-state index contributed by atoms with van der Waals surface area (Å²) in [6, 6.07) is 21.8. The van der Waals surface area contributed by atoms with E-state index in [9.17, 15) is 10.2 Å². The van der Waals surface area contributed by atoms with Gasteiger partial charge in [0.1, 0.15) is 11.6 Å². The maximum absolute atomic E-state index is 9.87. The fraction of sp³-hybridized carbons (Fsp3) is 0.208. The van der Waals surface area contributed by atoms with Crippen molar-refractivity contribution in [2.24, 2.45) is 0 Å². The Morgan fingerprint density at radius 3 is 2.33 bits per heavy atom. The lowest BCUT2D eigenvalue weighted by molar-refractivity contribution is 0.123. The zero-order valence-corrected chi connectivity index (χ0v) is 16.8. The van der Waals surface area contributed by atoms with E-state index < -0.39 is 5.41 Å². The van der Waals surface area contributed by atoms with E-state index in [4.69, 9.17) is 9.97 Å². The number of aliphatic hydroxyl groups excluding tert-OH is 2. The lowest BCUT2D eigenvalue weighted by Crippen LogP contribution is -2.33. The quantitative estimate of drug-likeness (QED) is 0.440. The molecule has 0 bridgehead atoms. The minimum absolute atomic E-state index is 0.257. The number of nitrogens with zero attached hydrogens (tertiary/aromatic N) is 3. The molecule has 0 atom stereocenters. The molecule has 2 aromatic heterocycles. The number of aromatic nitrogens is 3. The van der Waals surface area contributed by atoms with Crippen molar-refractivity contribution in [2.45, 2.75) is 18.9 Å². The third-order valence-corrected chi connectivity index (χ3v) is 5.21. The van der Waals surface area contributed by atoms with Crippen LogP contribution in [0.3, 0.4) is 0 Å². The van der Waals surface area contributed by atoms with Crippen molar-refractivity contribution < 1.29 is 10.2 Å². The fourth-order valence-electron chi connectivity index (χ4n) is 3.31. The molecular formula is C24H24N4O2. The van der Waals surface area contributed by atoms with Crippen LogP contribution < -0.4 is 5.32 Å². The number of rotatable bonds is 7. The van der Waals surface area contributed by atoms with Crippen LogP contribution in [0.1, 0.15) is 18.4 Å². The molecule has 3 N–H and O–H groups in total. The van der Waals surface area contributed by atoms with E-state index in [0.717, 1.165) is 27.7 Å². The molecular weight excluding hydrogens is 376 g/mol. The summed E-state index contributed by atoms with van der Waals surface area (Å²) >= 11 is 0. The van der Waals surface area contributed by atoms with Crippen LogP contribution in [-0.4, -0.2) is 38.4 Å². The first-order chi connectivity index (χ1) is 14.6. The van der Waals surface area contributed by atoms with Gasteiger partial charge in [-0.15, -0.1) is 0 Å². The second-order valence-electron chi connectivity index (χ2n) is 7.51. The zero-order chi connectivity index (χ0) is 21.0. The summed E-state index contributed by atoms with van der Waals surface area (Å²) in [6.07, 6.45) is 1.75. The summed E-state index contributed by atoms with van der Waals surface area (Å²) in [5.41, 5.74) is 2.76. The van der Waals surface area contributed by atoms with Crippen LogP contribution in [0.5, 0.6) is 0 Å². The molecule has 0 amide bonds. The molecule has 4 rings (SSSR count). The number of aliphatic hydroxyl groups is 2. The highest BCUT2D eigenvalue weighted by atomic mass is 16.3. The van der Waals surface area contributed by atoms with Gasteiger partial charge in [0.05, 0.1) is 41.8 Å². The first-order valence-corrected chi connectivity index (χ1v) is 9.87. The van der Waals surface area contributed by atoms with E-state index in [1.807, 2.05) is 54.6 Å². The average Bonchev–Trinajstić information content (AvgIpc) is 2.82. The summed E-state index contributed by atoms with van der Waals surface area (Å²) in [7, 11) is 0. The Morgan fingerprint density at radius 1 is 0.867 bits per heavy atom. The van der Waals surface area contributed by atoms with E-state index in [-0.39, 0.29) is 13.2 Å². The van der Waals surface area contributed by atoms with Gasteiger partial charge < -0.3 is 15.5 Å². The molecule has 0 radical (unpaired) electrons. The summed E-state index contributed by atoms with van der Waals surface area (Å²) in [5, 5.41) is 24.0. The number of hydrogen-bond acceptors (Lipinski definition) is 6. The van der Waals surface area contributed by atoms with Gasteiger partial charge in [0.25, 0.3) is 0 Å². The van der Waals surface area contributed by atoms with Crippen LogP contribution in [0, 0.1) is 0 Å². The average molecular weight is 400 g/mol. The van der Waals surface area contributed by atoms with Gasteiger partial charge in [-0.1, -0.05) is 48.5 Å². The highest BCUT2D eigenvalue weighted by Crippen LogP contribution is 2.34. The number of fused-ring (bicyclic) bond motifs is 1. The largest absolute Gasteiger partial charge is 0.395 e. The van der Waals surface area contributed by atoms with E-state index in [0.29, 0.717) is 18.2 Å². The molecule has 0 saturated heterocycles. The molecule has 0 spiro atoms. The Balaban J connectivity index is 1.89. The van der Waals surface area contributed by atoms with Gasteiger partial charge in [0, 0.05) is 6.20 Å². The molecule has 6 heteroatoms. The maximum atomic E-state index is 9.87. The second kappa shape index (κ2) is 8.57. The molecule has 0 aliphatic heterocycles. The maximum Gasteiger partial charge on any atom is 0.141 e. The Morgan fingerprint density at radius 2 is 1.63 bits per heavy atom. The molecule has 2 aromatic carbocycles. The predicted molar refractivity (Wildman–Crippen MR) is 118 cm³/mol. The van der Waals surface area contributed by atoms with E-state index in [1.165, 1.54) is 0 Å². The molecule has 4 aromatic rings. The molecule has 0 aliphatic carbocycles. The van der Waals surface area contributed by atoms with Crippen molar-refractivity contribution in [3.8, 4) is 11.1 Å². The molecule has 0 saturated carbocycles. The van der Waals surface area contributed by atoms with E-state index in [2.05, 4.69) is 22.4 Å². The SMILES string of the molecule is CC(CO)(CO)c1nc(NCc2ccccn2)c2c(-c3ccccc3)cccc2n1. The fourth-order valence-corrected chi connectivity index (χ4v) is 3.31. The smallest absolute Gasteiger partial charge is 0.141 e.